The van der Waals surface area contributed by atoms with E-state index in [0.717, 1.165) is 5.69 Å². The van der Waals surface area contributed by atoms with Crippen molar-refractivity contribution in [2.24, 2.45) is 0 Å². The first-order valence-corrected chi connectivity index (χ1v) is 7.00. The van der Waals surface area contributed by atoms with Crippen LogP contribution in [0.5, 0.6) is 0 Å². The summed E-state index contributed by atoms with van der Waals surface area (Å²) in [4.78, 5) is 30.3. The third-order valence-corrected chi connectivity index (χ3v) is 3.75. The van der Waals surface area contributed by atoms with Crippen LogP contribution in [-0.4, -0.2) is 40.3 Å². The molecule has 5 nitrogen and oxygen atoms in total. The van der Waals surface area contributed by atoms with Crippen LogP contribution < -0.4 is 5.32 Å². The fourth-order valence-electron chi connectivity index (χ4n) is 2.27. The number of carbonyl (C=O) groups is 2. The van der Waals surface area contributed by atoms with Gasteiger partial charge < -0.3 is 10.2 Å². The van der Waals surface area contributed by atoms with Crippen LogP contribution in [0.1, 0.15) is 36.8 Å². The molecule has 0 aromatic carbocycles. The van der Waals surface area contributed by atoms with Gasteiger partial charge in [-0.15, -0.1) is 0 Å². The van der Waals surface area contributed by atoms with Crippen molar-refractivity contribution in [3.8, 4) is 0 Å². The number of pyridine rings is 1. The van der Waals surface area contributed by atoms with E-state index < -0.39 is 5.54 Å². The van der Waals surface area contributed by atoms with E-state index in [1.807, 2.05) is 6.92 Å². The molecule has 1 aliphatic rings. The smallest absolute Gasteiger partial charge is 0.254 e. The molecule has 0 aliphatic carbocycles. The molecule has 1 N–H and O–H groups in total. The van der Waals surface area contributed by atoms with Crippen LogP contribution in [0, 0.1) is 0 Å². The minimum atomic E-state index is -0.864. The lowest BCUT2D eigenvalue weighted by Crippen LogP contribution is -2.63. The SMILES string of the molecule is CCc1cc(C(=O)N2CCNC(=O)C2(C)C)cc(Cl)n1. The molecule has 1 fully saturated rings. The number of aromatic nitrogens is 1. The van der Waals surface area contributed by atoms with Crippen LogP contribution in [0.15, 0.2) is 12.1 Å². The predicted octanol–water partition coefficient (Wildman–Crippen LogP) is 1.65. The van der Waals surface area contributed by atoms with Crippen molar-refractivity contribution in [2.45, 2.75) is 32.7 Å². The zero-order valence-corrected chi connectivity index (χ0v) is 12.6. The monoisotopic (exact) mass is 295 g/mol. The predicted molar refractivity (Wildman–Crippen MR) is 76.8 cm³/mol. The molecule has 1 aromatic rings. The molecule has 0 saturated carbocycles. The Morgan fingerprint density at radius 1 is 1.50 bits per heavy atom. The van der Waals surface area contributed by atoms with Gasteiger partial charge in [-0.25, -0.2) is 4.98 Å². The standard InChI is InChI=1S/C14H18ClN3O2/c1-4-10-7-9(8-11(15)17-10)12(19)18-6-5-16-13(20)14(18,2)3/h7-8H,4-6H2,1-3H3,(H,16,20). The van der Waals surface area contributed by atoms with Crippen molar-refractivity contribution in [3.63, 3.8) is 0 Å². The maximum absolute atomic E-state index is 12.6. The quantitative estimate of drug-likeness (QED) is 0.844. The van der Waals surface area contributed by atoms with E-state index in [-0.39, 0.29) is 11.8 Å². The topological polar surface area (TPSA) is 62.3 Å². The van der Waals surface area contributed by atoms with Gasteiger partial charge in [0.15, 0.2) is 0 Å². The number of aryl methyl sites for hydroxylation is 1. The number of nitrogens with zero attached hydrogens (tertiary/aromatic N) is 2. The first kappa shape index (κ1) is 14.8. The van der Waals surface area contributed by atoms with Gasteiger partial charge in [0.1, 0.15) is 10.7 Å². The highest BCUT2D eigenvalue weighted by molar-refractivity contribution is 6.29. The van der Waals surface area contributed by atoms with Gasteiger partial charge in [0, 0.05) is 24.3 Å². The number of amides is 2. The summed E-state index contributed by atoms with van der Waals surface area (Å²) >= 11 is 5.95. The zero-order chi connectivity index (χ0) is 14.9. The van der Waals surface area contributed by atoms with Crippen LogP contribution in [0.25, 0.3) is 0 Å². The maximum Gasteiger partial charge on any atom is 0.254 e. The molecule has 1 aromatic heterocycles. The molecule has 0 spiro atoms. The molecule has 0 radical (unpaired) electrons. The molecule has 2 heterocycles. The third kappa shape index (κ3) is 2.63. The summed E-state index contributed by atoms with van der Waals surface area (Å²) < 4.78 is 0. The largest absolute Gasteiger partial charge is 0.352 e. The van der Waals surface area contributed by atoms with Crippen LogP contribution in [-0.2, 0) is 11.2 Å². The molecule has 6 heteroatoms. The summed E-state index contributed by atoms with van der Waals surface area (Å²) in [5, 5.41) is 3.07. The third-order valence-electron chi connectivity index (χ3n) is 3.55. The van der Waals surface area contributed by atoms with E-state index in [1.165, 1.54) is 0 Å². The molecular weight excluding hydrogens is 278 g/mol. The Morgan fingerprint density at radius 2 is 2.20 bits per heavy atom. The van der Waals surface area contributed by atoms with Gasteiger partial charge in [-0.3, -0.25) is 9.59 Å². The Kier molecular flexibility index (Phi) is 3.99. The second kappa shape index (κ2) is 5.40. The van der Waals surface area contributed by atoms with Crippen molar-refractivity contribution in [3.05, 3.63) is 28.5 Å². The van der Waals surface area contributed by atoms with Gasteiger partial charge in [0.25, 0.3) is 5.91 Å². The zero-order valence-electron chi connectivity index (χ0n) is 11.9. The second-order valence-corrected chi connectivity index (χ2v) is 5.68. The van der Waals surface area contributed by atoms with Crippen LogP contribution in [0.4, 0.5) is 0 Å². The minimum absolute atomic E-state index is 0.145. The summed E-state index contributed by atoms with van der Waals surface area (Å²) in [5.74, 6) is -0.336. The van der Waals surface area contributed by atoms with Gasteiger partial charge in [-0.2, -0.15) is 0 Å². The molecule has 2 rings (SSSR count). The van der Waals surface area contributed by atoms with Gasteiger partial charge in [0.2, 0.25) is 5.91 Å². The summed E-state index contributed by atoms with van der Waals surface area (Å²) in [5.41, 5.74) is 0.377. The van der Waals surface area contributed by atoms with Gasteiger partial charge in [-0.05, 0) is 32.4 Å². The van der Waals surface area contributed by atoms with E-state index in [1.54, 1.807) is 30.9 Å². The van der Waals surface area contributed by atoms with E-state index in [9.17, 15) is 9.59 Å². The molecule has 0 bridgehead atoms. The summed E-state index contributed by atoms with van der Waals surface area (Å²) in [6.45, 7) is 6.38. The molecule has 1 saturated heterocycles. The van der Waals surface area contributed by atoms with E-state index >= 15 is 0 Å². The highest BCUT2D eigenvalue weighted by Crippen LogP contribution is 2.22. The van der Waals surface area contributed by atoms with E-state index in [0.29, 0.717) is 30.2 Å². The molecule has 0 unspecified atom stereocenters. The minimum Gasteiger partial charge on any atom is -0.352 e. The highest BCUT2D eigenvalue weighted by atomic mass is 35.5. The molecule has 1 aliphatic heterocycles. The van der Waals surface area contributed by atoms with Crippen molar-refractivity contribution in [2.75, 3.05) is 13.1 Å². The van der Waals surface area contributed by atoms with Crippen LogP contribution in [0.2, 0.25) is 5.15 Å². The average Bonchev–Trinajstić information content (AvgIpc) is 2.40. The fourth-order valence-corrected chi connectivity index (χ4v) is 2.49. The van der Waals surface area contributed by atoms with Gasteiger partial charge >= 0.3 is 0 Å². The van der Waals surface area contributed by atoms with Crippen molar-refractivity contribution >= 4 is 23.4 Å². The Hall–Kier alpha value is -1.62. The molecule has 108 valence electrons. The number of rotatable bonds is 2. The number of nitrogens with one attached hydrogen (secondary N) is 1. The fraction of sp³-hybridized carbons (Fsp3) is 0.500. The number of piperazine rings is 1. The molecule has 20 heavy (non-hydrogen) atoms. The molecule has 2 amide bonds. The van der Waals surface area contributed by atoms with Crippen LogP contribution in [0.3, 0.4) is 0 Å². The van der Waals surface area contributed by atoms with Gasteiger partial charge in [-0.1, -0.05) is 18.5 Å². The Balaban J connectivity index is 2.35. The first-order valence-electron chi connectivity index (χ1n) is 6.63. The summed E-state index contributed by atoms with van der Waals surface area (Å²) in [7, 11) is 0. The number of hydrogen-bond acceptors (Lipinski definition) is 3. The average molecular weight is 296 g/mol. The van der Waals surface area contributed by atoms with Crippen molar-refractivity contribution in [1.82, 2.24) is 15.2 Å². The Labute approximate surface area is 123 Å². The highest BCUT2D eigenvalue weighted by Gasteiger charge is 2.40. The van der Waals surface area contributed by atoms with Crippen molar-refractivity contribution < 1.29 is 9.59 Å². The van der Waals surface area contributed by atoms with E-state index in [2.05, 4.69) is 10.3 Å². The number of halogens is 1. The van der Waals surface area contributed by atoms with Crippen molar-refractivity contribution in [1.29, 1.82) is 0 Å². The number of carbonyl (C=O) groups excluding carboxylic acids is 2. The Bertz CT molecular complexity index is 557. The summed E-state index contributed by atoms with van der Waals surface area (Å²) in [6.07, 6.45) is 0.699. The lowest BCUT2D eigenvalue weighted by Gasteiger charge is -2.41. The van der Waals surface area contributed by atoms with E-state index in [4.69, 9.17) is 11.6 Å². The van der Waals surface area contributed by atoms with Crippen LogP contribution >= 0.6 is 11.6 Å². The first-order chi connectivity index (χ1) is 9.36. The summed E-state index contributed by atoms with van der Waals surface area (Å²) in [6, 6.07) is 3.28. The lowest BCUT2D eigenvalue weighted by molar-refractivity contribution is -0.133. The molecular formula is C14H18ClN3O2. The lowest BCUT2D eigenvalue weighted by atomic mass is 9.97. The normalized spacial score (nSPS) is 17.8. The Morgan fingerprint density at radius 3 is 2.85 bits per heavy atom. The second-order valence-electron chi connectivity index (χ2n) is 5.30. The molecule has 0 atom stereocenters. The van der Waals surface area contributed by atoms with Gasteiger partial charge in [0.05, 0.1) is 0 Å². The maximum atomic E-state index is 12.6. The number of hydrogen-bond donors (Lipinski definition) is 1.